The number of imide groups is 1. The third kappa shape index (κ3) is 2.92. The van der Waals surface area contributed by atoms with Gasteiger partial charge < -0.3 is 4.90 Å². The second-order valence-corrected chi connectivity index (χ2v) is 7.41. The minimum atomic E-state index is -3.36. The standard InChI is InChI=1S/C14H19N3O4S/c1-10-13(18)17(14(19)15(10)2)9-11-6-5-7-12(8-11)16(3)22(4,20)21/h5-8,10H,9H2,1-4H3/t10-/m0/s1. The number of likely N-dealkylation sites (N-methyl/N-ethyl adjacent to an activating group) is 1. The van der Waals surface area contributed by atoms with Crippen LogP contribution in [-0.2, 0) is 21.4 Å². The van der Waals surface area contributed by atoms with E-state index in [1.807, 2.05) is 0 Å². The number of hydrogen-bond donors (Lipinski definition) is 0. The quantitative estimate of drug-likeness (QED) is 0.770. The first-order chi connectivity index (χ1) is 10.1. The van der Waals surface area contributed by atoms with Crippen molar-refractivity contribution in [1.29, 1.82) is 0 Å². The Bertz CT molecular complexity index is 697. The van der Waals surface area contributed by atoms with Crippen LogP contribution in [0.2, 0.25) is 0 Å². The molecule has 1 aliphatic heterocycles. The molecule has 0 spiro atoms. The van der Waals surface area contributed by atoms with Crippen molar-refractivity contribution in [3.63, 3.8) is 0 Å². The average Bonchev–Trinajstić information content (AvgIpc) is 2.64. The monoisotopic (exact) mass is 325 g/mol. The van der Waals surface area contributed by atoms with Crippen molar-refractivity contribution in [2.75, 3.05) is 24.7 Å². The van der Waals surface area contributed by atoms with E-state index < -0.39 is 16.1 Å². The second-order valence-electron chi connectivity index (χ2n) is 5.39. The third-order valence-corrected chi connectivity index (χ3v) is 5.06. The highest BCUT2D eigenvalue weighted by Crippen LogP contribution is 2.22. The average molecular weight is 325 g/mol. The number of urea groups is 1. The summed E-state index contributed by atoms with van der Waals surface area (Å²) in [5, 5.41) is 0. The molecule has 0 aliphatic carbocycles. The molecule has 1 aromatic rings. The van der Waals surface area contributed by atoms with E-state index in [0.717, 1.165) is 10.6 Å². The van der Waals surface area contributed by atoms with E-state index in [1.165, 1.54) is 16.8 Å². The van der Waals surface area contributed by atoms with Crippen LogP contribution in [0.5, 0.6) is 0 Å². The predicted molar refractivity (Wildman–Crippen MR) is 82.9 cm³/mol. The number of amides is 3. The lowest BCUT2D eigenvalue weighted by atomic mass is 10.2. The molecular weight excluding hydrogens is 306 g/mol. The number of benzene rings is 1. The highest BCUT2D eigenvalue weighted by molar-refractivity contribution is 7.92. The topological polar surface area (TPSA) is 78.0 Å². The van der Waals surface area contributed by atoms with Gasteiger partial charge in [-0.3, -0.25) is 14.0 Å². The van der Waals surface area contributed by atoms with Crippen LogP contribution in [0.25, 0.3) is 0 Å². The Morgan fingerprint density at radius 2 is 1.91 bits per heavy atom. The molecule has 8 heteroatoms. The van der Waals surface area contributed by atoms with Gasteiger partial charge in [-0.2, -0.15) is 0 Å². The molecule has 22 heavy (non-hydrogen) atoms. The molecular formula is C14H19N3O4S. The highest BCUT2D eigenvalue weighted by atomic mass is 32.2. The smallest absolute Gasteiger partial charge is 0.316 e. The zero-order valence-electron chi connectivity index (χ0n) is 13.0. The van der Waals surface area contributed by atoms with Crippen LogP contribution < -0.4 is 4.31 Å². The summed E-state index contributed by atoms with van der Waals surface area (Å²) in [6.45, 7) is 1.80. The Morgan fingerprint density at radius 3 is 2.41 bits per heavy atom. The maximum atomic E-state index is 12.1. The fourth-order valence-corrected chi connectivity index (χ4v) is 2.71. The van der Waals surface area contributed by atoms with E-state index in [1.54, 1.807) is 38.2 Å². The van der Waals surface area contributed by atoms with E-state index in [-0.39, 0.29) is 18.5 Å². The van der Waals surface area contributed by atoms with Gasteiger partial charge in [0, 0.05) is 14.1 Å². The van der Waals surface area contributed by atoms with E-state index in [2.05, 4.69) is 0 Å². The largest absolute Gasteiger partial charge is 0.327 e. The van der Waals surface area contributed by atoms with Gasteiger partial charge >= 0.3 is 6.03 Å². The number of carbonyl (C=O) groups is 2. The van der Waals surface area contributed by atoms with Crippen molar-refractivity contribution in [2.45, 2.75) is 19.5 Å². The molecule has 1 heterocycles. The van der Waals surface area contributed by atoms with Gasteiger partial charge in [0.25, 0.3) is 5.91 Å². The van der Waals surface area contributed by atoms with Crippen LogP contribution >= 0.6 is 0 Å². The maximum absolute atomic E-state index is 12.1. The molecule has 1 aromatic carbocycles. The molecule has 1 aliphatic rings. The van der Waals surface area contributed by atoms with E-state index >= 15 is 0 Å². The molecule has 0 N–H and O–H groups in total. The molecule has 0 unspecified atom stereocenters. The summed E-state index contributed by atoms with van der Waals surface area (Å²) in [6.07, 6.45) is 1.11. The Hall–Kier alpha value is -2.09. The summed E-state index contributed by atoms with van der Waals surface area (Å²) < 4.78 is 24.3. The van der Waals surface area contributed by atoms with E-state index in [4.69, 9.17) is 0 Å². The Morgan fingerprint density at radius 1 is 1.27 bits per heavy atom. The Labute approximate surface area is 130 Å². The van der Waals surface area contributed by atoms with Gasteiger partial charge in [-0.25, -0.2) is 13.2 Å². The van der Waals surface area contributed by atoms with Crippen molar-refractivity contribution in [3.8, 4) is 0 Å². The molecule has 1 saturated heterocycles. The number of hydrogen-bond acceptors (Lipinski definition) is 4. The van der Waals surface area contributed by atoms with Gasteiger partial charge in [-0.15, -0.1) is 0 Å². The number of carbonyl (C=O) groups excluding carboxylic acids is 2. The Balaban J connectivity index is 2.25. The van der Waals surface area contributed by atoms with Crippen molar-refractivity contribution in [2.24, 2.45) is 0 Å². The Kier molecular flexibility index (Phi) is 4.15. The maximum Gasteiger partial charge on any atom is 0.327 e. The van der Waals surface area contributed by atoms with Crippen LogP contribution in [-0.4, -0.2) is 56.5 Å². The van der Waals surface area contributed by atoms with Gasteiger partial charge in [0.05, 0.1) is 18.5 Å². The molecule has 7 nitrogen and oxygen atoms in total. The summed E-state index contributed by atoms with van der Waals surface area (Å²) >= 11 is 0. The lowest BCUT2D eigenvalue weighted by Gasteiger charge is -2.19. The zero-order chi connectivity index (χ0) is 16.7. The van der Waals surface area contributed by atoms with Gasteiger partial charge in [0.2, 0.25) is 10.0 Å². The summed E-state index contributed by atoms with van der Waals surface area (Å²) in [6, 6.07) is 5.94. The van der Waals surface area contributed by atoms with E-state index in [0.29, 0.717) is 11.3 Å². The van der Waals surface area contributed by atoms with Crippen molar-refractivity contribution >= 4 is 27.6 Å². The molecule has 2 rings (SSSR count). The fourth-order valence-electron chi connectivity index (χ4n) is 2.21. The molecule has 0 saturated carbocycles. The van der Waals surface area contributed by atoms with Crippen LogP contribution in [0.3, 0.4) is 0 Å². The normalized spacial score (nSPS) is 19.0. The molecule has 0 bridgehead atoms. The van der Waals surface area contributed by atoms with Crippen molar-refractivity contribution in [3.05, 3.63) is 29.8 Å². The molecule has 3 amide bonds. The summed E-state index contributed by atoms with van der Waals surface area (Å²) in [5.41, 5.74) is 1.18. The third-order valence-electron chi connectivity index (χ3n) is 3.85. The van der Waals surface area contributed by atoms with Crippen LogP contribution in [0.15, 0.2) is 24.3 Å². The lowest BCUT2D eigenvalue weighted by molar-refractivity contribution is -0.128. The van der Waals surface area contributed by atoms with Gasteiger partial charge in [-0.05, 0) is 24.6 Å². The van der Waals surface area contributed by atoms with Crippen molar-refractivity contribution < 1.29 is 18.0 Å². The molecule has 1 fully saturated rings. The number of rotatable bonds is 4. The minimum Gasteiger partial charge on any atom is -0.316 e. The summed E-state index contributed by atoms with van der Waals surface area (Å²) in [4.78, 5) is 26.7. The first-order valence-electron chi connectivity index (χ1n) is 6.74. The number of anilines is 1. The van der Waals surface area contributed by atoms with Crippen LogP contribution in [0.4, 0.5) is 10.5 Å². The highest BCUT2D eigenvalue weighted by Gasteiger charge is 2.39. The summed E-state index contributed by atoms with van der Waals surface area (Å²) in [5.74, 6) is -0.255. The zero-order valence-corrected chi connectivity index (χ0v) is 13.8. The molecule has 0 radical (unpaired) electrons. The SMILES string of the molecule is C[C@H]1C(=O)N(Cc2cccc(N(C)S(C)(=O)=O)c2)C(=O)N1C. The molecule has 1 atom stereocenters. The fraction of sp³-hybridized carbons (Fsp3) is 0.429. The van der Waals surface area contributed by atoms with Crippen molar-refractivity contribution in [1.82, 2.24) is 9.80 Å². The predicted octanol–water partition coefficient (Wildman–Crippen LogP) is 0.865. The lowest BCUT2D eigenvalue weighted by Crippen LogP contribution is -2.31. The van der Waals surface area contributed by atoms with Crippen LogP contribution in [0.1, 0.15) is 12.5 Å². The van der Waals surface area contributed by atoms with Gasteiger partial charge in [0.15, 0.2) is 0 Å². The van der Waals surface area contributed by atoms with Crippen LogP contribution in [0, 0.1) is 0 Å². The molecule has 120 valence electrons. The first-order valence-corrected chi connectivity index (χ1v) is 8.58. The first kappa shape index (κ1) is 16.3. The second kappa shape index (κ2) is 5.60. The molecule has 0 aromatic heterocycles. The summed E-state index contributed by atoms with van der Waals surface area (Å²) in [7, 11) is -0.324. The number of nitrogens with zero attached hydrogens (tertiary/aromatic N) is 3. The van der Waals surface area contributed by atoms with Gasteiger partial charge in [0.1, 0.15) is 6.04 Å². The minimum absolute atomic E-state index is 0.123. The van der Waals surface area contributed by atoms with Gasteiger partial charge in [-0.1, -0.05) is 12.1 Å². The number of sulfonamides is 1. The van der Waals surface area contributed by atoms with E-state index in [9.17, 15) is 18.0 Å².